The maximum absolute atomic E-state index is 12.1. The van der Waals surface area contributed by atoms with Crippen LogP contribution in [0.4, 0.5) is 11.1 Å². The van der Waals surface area contributed by atoms with Crippen LogP contribution in [-0.2, 0) is 9.84 Å². The molecule has 1 fully saturated rings. The highest BCUT2D eigenvalue weighted by atomic mass is 32.2. The van der Waals surface area contributed by atoms with Crippen molar-refractivity contribution in [2.75, 3.05) is 49.3 Å². The number of amides is 1. The molecule has 11 nitrogen and oxygen atoms in total. The van der Waals surface area contributed by atoms with Gasteiger partial charge in [-0.15, -0.1) is 0 Å². The van der Waals surface area contributed by atoms with E-state index in [2.05, 4.69) is 19.9 Å². The molecule has 1 aromatic carbocycles. The number of hydrogen-bond donors (Lipinski definition) is 1. The highest BCUT2D eigenvalue weighted by molar-refractivity contribution is 7.91. The van der Waals surface area contributed by atoms with Crippen LogP contribution >= 0.6 is 11.3 Å². The Hall–Kier alpha value is -3.32. The van der Waals surface area contributed by atoms with Crippen molar-refractivity contribution in [1.82, 2.24) is 24.8 Å². The molecule has 0 spiro atoms. The third-order valence-electron chi connectivity index (χ3n) is 4.69. The lowest BCUT2D eigenvalue weighted by atomic mass is 10.2. The van der Waals surface area contributed by atoms with Gasteiger partial charge in [0.05, 0.1) is 22.6 Å². The van der Waals surface area contributed by atoms with Crippen molar-refractivity contribution >= 4 is 38.2 Å². The fourth-order valence-corrected chi connectivity index (χ4v) is 4.80. The molecule has 3 heterocycles. The van der Waals surface area contributed by atoms with E-state index in [0.29, 0.717) is 33.1 Å². The Bertz CT molecular complexity index is 1230. The second-order valence-corrected chi connectivity index (χ2v) is 10.6. The third-order valence-corrected chi connectivity index (χ3v) is 7.12. The number of nitrogens with zero attached hydrogens (tertiary/aromatic N) is 6. The normalized spacial score (nSPS) is 15.4. The molecule has 3 aromatic rings. The van der Waals surface area contributed by atoms with Crippen LogP contribution in [0.3, 0.4) is 0 Å². The Balaban J connectivity index is 1.64. The fraction of sp³-hybridized carbons (Fsp3) is 0.316. The molecule has 1 amide bonds. The van der Waals surface area contributed by atoms with Crippen molar-refractivity contribution < 1.29 is 17.9 Å². The lowest BCUT2D eigenvalue weighted by molar-refractivity contribution is 0.0827. The van der Waals surface area contributed by atoms with Gasteiger partial charge in [-0.25, -0.2) is 13.4 Å². The molecule has 1 aliphatic rings. The van der Waals surface area contributed by atoms with Gasteiger partial charge in [-0.2, -0.15) is 15.0 Å². The van der Waals surface area contributed by atoms with Gasteiger partial charge in [-0.1, -0.05) is 11.3 Å². The zero-order chi connectivity index (χ0) is 22.9. The van der Waals surface area contributed by atoms with Crippen molar-refractivity contribution in [3.05, 3.63) is 36.0 Å². The molecule has 0 saturated carbocycles. The number of ether oxygens (including phenoxy) is 1. The molecule has 168 valence electrons. The summed E-state index contributed by atoms with van der Waals surface area (Å²) < 4.78 is 29.4. The average molecular weight is 476 g/mol. The summed E-state index contributed by atoms with van der Waals surface area (Å²) in [6.45, 7) is 0.550. The summed E-state index contributed by atoms with van der Waals surface area (Å²) >= 11 is 1.22. The lowest BCUT2D eigenvalue weighted by Crippen LogP contribution is -2.41. The number of nitrogens with two attached hydrogens (primary N) is 1. The predicted molar refractivity (Wildman–Crippen MR) is 121 cm³/mol. The first-order valence-electron chi connectivity index (χ1n) is 9.63. The molecule has 32 heavy (non-hydrogen) atoms. The highest BCUT2D eigenvalue weighted by Gasteiger charge is 2.25. The molecule has 0 atom stereocenters. The summed E-state index contributed by atoms with van der Waals surface area (Å²) in [5, 5.41) is 0.370. The van der Waals surface area contributed by atoms with E-state index in [1.807, 2.05) is 0 Å². The number of anilines is 2. The zero-order valence-electron chi connectivity index (χ0n) is 17.4. The topological polar surface area (TPSA) is 144 Å². The molecular weight excluding hydrogens is 454 g/mol. The van der Waals surface area contributed by atoms with Gasteiger partial charge in [0.2, 0.25) is 5.95 Å². The van der Waals surface area contributed by atoms with Gasteiger partial charge in [-0.05, 0) is 24.3 Å². The number of carbonyl (C=O) groups is 1. The number of carbonyl (C=O) groups excluding carboxylic acids is 1. The number of thiazole rings is 1. The maximum atomic E-state index is 12.1. The van der Waals surface area contributed by atoms with Gasteiger partial charge in [0, 0.05) is 32.7 Å². The molecule has 0 aliphatic carbocycles. The Labute approximate surface area is 188 Å². The Morgan fingerprint density at radius 2 is 1.81 bits per heavy atom. The maximum Gasteiger partial charge on any atom is 0.327 e. The van der Waals surface area contributed by atoms with Crippen molar-refractivity contribution in [3.63, 3.8) is 0 Å². The number of sulfone groups is 1. The van der Waals surface area contributed by atoms with Crippen molar-refractivity contribution in [2.45, 2.75) is 0 Å². The molecule has 4 rings (SSSR count). The smallest absolute Gasteiger partial charge is 0.327 e. The predicted octanol–water partition coefficient (Wildman–Crippen LogP) is 1.31. The first-order valence-corrected chi connectivity index (χ1v) is 12.3. The van der Waals surface area contributed by atoms with Crippen LogP contribution in [0.25, 0.3) is 10.7 Å². The van der Waals surface area contributed by atoms with Gasteiger partial charge >= 0.3 is 6.01 Å². The Morgan fingerprint density at radius 1 is 1.12 bits per heavy atom. The van der Waals surface area contributed by atoms with Crippen molar-refractivity contribution in [1.29, 1.82) is 0 Å². The summed E-state index contributed by atoms with van der Waals surface area (Å²) in [4.78, 5) is 33.2. The van der Waals surface area contributed by atoms with E-state index in [9.17, 15) is 13.2 Å². The van der Waals surface area contributed by atoms with Gasteiger partial charge in [-0.3, -0.25) is 4.79 Å². The summed E-state index contributed by atoms with van der Waals surface area (Å²) in [6, 6.07) is 6.65. The summed E-state index contributed by atoms with van der Waals surface area (Å²) in [5.74, 6) is 1.01. The summed E-state index contributed by atoms with van der Waals surface area (Å²) in [6.07, 6.45) is 1.56. The van der Waals surface area contributed by atoms with Gasteiger partial charge in [0.1, 0.15) is 5.75 Å². The monoisotopic (exact) mass is 475 g/mol. The number of nitrogen functional groups attached to an aromatic ring is 1. The minimum absolute atomic E-state index is 0.0269. The molecule has 1 saturated heterocycles. The van der Waals surface area contributed by atoms with Gasteiger partial charge < -0.3 is 20.3 Å². The highest BCUT2D eigenvalue weighted by Crippen LogP contribution is 2.29. The molecule has 2 aromatic heterocycles. The Morgan fingerprint density at radius 3 is 2.41 bits per heavy atom. The largest absolute Gasteiger partial charge is 0.424 e. The number of aromatic nitrogens is 4. The van der Waals surface area contributed by atoms with Crippen LogP contribution in [0.2, 0.25) is 0 Å². The van der Waals surface area contributed by atoms with E-state index in [1.54, 1.807) is 49.5 Å². The fourth-order valence-electron chi connectivity index (χ4n) is 2.98. The third kappa shape index (κ3) is 4.94. The molecule has 0 unspecified atom stereocenters. The van der Waals surface area contributed by atoms with Gasteiger partial charge in [0.25, 0.3) is 5.91 Å². The standard InChI is InChI=1S/C19H21N7O4S2/c1-25(2)16(27)12-3-5-13(6-4-12)30-19-23-15(14-11-21-17(20)31-14)22-18(24-19)26-7-9-32(28,29)10-8-26/h3-6,11H,7-10H2,1-2H3,(H2,20,21). The number of rotatable bonds is 5. The molecule has 0 bridgehead atoms. The first kappa shape index (κ1) is 21.9. The van der Waals surface area contributed by atoms with E-state index in [1.165, 1.54) is 16.2 Å². The van der Waals surface area contributed by atoms with Crippen LogP contribution in [0.5, 0.6) is 11.8 Å². The number of hydrogen-bond acceptors (Lipinski definition) is 11. The Kier molecular flexibility index (Phi) is 5.93. The summed E-state index contributed by atoms with van der Waals surface area (Å²) in [7, 11) is 0.300. The van der Waals surface area contributed by atoms with E-state index >= 15 is 0 Å². The second kappa shape index (κ2) is 8.67. The average Bonchev–Trinajstić information content (AvgIpc) is 3.20. The molecule has 2 N–H and O–H groups in total. The minimum atomic E-state index is -3.06. The van der Waals surface area contributed by atoms with E-state index < -0.39 is 9.84 Å². The molecular formula is C19H21N7O4S2. The SMILES string of the molecule is CN(C)C(=O)c1ccc(Oc2nc(-c3cnc(N)s3)nc(N3CCS(=O)(=O)CC3)n2)cc1. The van der Waals surface area contributed by atoms with Gasteiger partial charge in [0.15, 0.2) is 20.8 Å². The number of benzene rings is 1. The van der Waals surface area contributed by atoms with Crippen LogP contribution in [-0.4, -0.2) is 77.9 Å². The van der Waals surface area contributed by atoms with E-state index in [4.69, 9.17) is 10.5 Å². The summed E-state index contributed by atoms with van der Waals surface area (Å²) in [5.41, 5.74) is 6.27. The zero-order valence-corrected chi connectivity index (χ0v) is 19.1. The quantitative estimate of drug-likeness (QED) is 0.573. The minimum Gasteiger partial charge on any atom is -0.424 e. The first-order chi connectivity index (χ1) is 15.2. The van der Waals surface area contributed by atoms with Crippen molar-refractivity contribution in [3.8, 4) is 22.5 Å². The van der Waals surface area contributed by atoms with Crippen LogP contribution in [0, 0.1) is 0 Å². The van der Waals surface area contributed by atoms with E-state index in [0.717, 1.165) is 0 Å². The second-order valence-electron chi connectivity index (χ2n) is 7.27. The van der Waals surface area contributed by atoms with Crippen molar-refractivity contribution in [2.24, 2.45) is 0 Å². The molecule has 1 aliphatic heterocycles. The van der Waals surface area contributed by atoms with Crippen LogP contribution < -0.4 is 15.4 Å². The molecule has 13 heteroatoms. The van der Waals surface area contributed by atoms with Crippen LogP contribution in [0.1, 0.15) is 10.4 Å². The molecule has 0 radical (unpaired) electrons. The lowest BCUT2D eigenvalue weighted by Gasteiger charge is -2.26. The van der Waals surface area contributed by atoms with Crippen LogP contribution in [0.15, 0.2) is 30.5 Å². The van der Waals surface area contributed by atoms with E-state index in [-0.39, 0.29) is 36.5 Å².